The standard InChI is InChI=1S/C14H15NO5S/c1-8-15(10(7-21-8)14(17)18)13(16)9-2-3-11-12(6-9)20-5-4-19-11/h2-3,6,8,10H,4-5,7H2,1H3,(H,17,18). The first-order valence-corrected chi connectivity index (χ1v) is 7.69. The number of hydrogen-bond donors (Lipinski definition) is 1. The third-order valence-corrected chi connectivity index (χ3v) is 4.75. The minimum absolute atomic E-state index is 0.160. The van der Waals surface area contributed by atoms with Crippen LogP contribution >= 0.6 is 11.8 Å². The zero-order chi connectivity index (χ0) is 15.0. The van der Waals surface area contributed by atoms with Crippen LogP contribution in [0.4, 0.5) is 0 Å². The first kappa shape index (κ1) is 14.1. The first-order valence-electron chi connectivity index (χ1n) is 6.64. The number of rotatable bonds is 2. The second-order valence-electron chi connectivity index (χ2n) is 4.86. The van der Waals surface area contributed by atoms with Crippen molar-refractivity contribution >= 4 is 23.6 Å². The van der Waals surface area contributed by atoms with Gasteiger partial charge in [0.25, 0.3) is 5.91 Å². The number of thioether (sulfide) groups is 1. The van der Waals surface area contributed by atoms with Gasteiger partial charge in [0.15, 0.2) is 11.5 Å². The van der Waals surface area contributed by atoms with Gasteiger partial charge in [0.05, 0.1) is 5.37 Å². The molecule has 0 radical (unpaired) electrons. The molecule has 0 spiro atoms. The number of hydrogen-bond acceptors (Lipinski definition) is 5. The van der Waals surface area contributed by atoms with Gasteiger partial charge in [-0.1, -0.05) is 0 Å². The molecule has 0 bridgehead atoms. The number of fused-ring (bicyclic) bond motifs is 1. The van der Waals surface area contributed by atoms with Crippen molar-refractivity contribution in [1.29, 1.82) is 0 Å². The minimum atomic E-state index is -0.974. The van der Waals surface area contributed by atoms with Gasteiger partial charge in [-0.25, -0.2) is 4.79 Å². The van der Waals surface area contributed by atoms with Crippen LogP contribution in [0.3, 0.4) is 0 Å². The number of carbonyl (C=O) groups excluding carboxylic acids is 1. The Morgan fingerprint density at radius 3 is 2.71 bits per heavy atom. The molecule has 112 valence electrons. The quantitative estimate of drug-likeness (QED) is 0.891. The van der Waals surface area contributed by atoms with Crippen LogP contribution < -0.4 is 9.47 Å². The molecule has 0 aromatic heterocycles. The largest absolute Gasteiger partial charge is 0.486 e. The Kier molecular flexibility index (Phi) is 3.67. The summed E-state index contributed by atoms with van der Waals surface area (Å²) in [6.07, 6.45) is 0. The third kappa shape index (κ3) is 2.53. The van der Waals surface area contributed by atoms with Gasteiger partial charge in [-0.3, -0.25) is 4.79 Å². The molecule has 6 nitrogen and oxygen atoms in total. The molecule has 2 atom stereocenters. The van der Waals surface area contributed by atoms with Crippen LogP contribution in [0, 0.1) is 0 Å². The Bertz CT molecular complexity index is 591. The maximum atomic E-state index is 12.6. The molecule has 2 heterocycles. The predicted molar refractivity (Wildman–Crippen MR) is 76.9 cm³/mol. The van der Waals surface area contributed by atoms with Crippen molar-refractivity contribution in [1.82, 2.24) is 4.90 Å². The van der Waals surface area contributed by atoms with Crippen LogP contribution in [0.1, 0.15) is 17.3 Å². The Morgan fingerprint density at radius 2 is 2.00 bits per heavy atom. The molecule has 2 unspecified atom stereocenters. The summed E-state index contributed by atoms with van der Waals surface area (Å²) in [6, 6.07) is 4.16. The lowest BCUT2D eigenvalue weighted by Crippen LogP contribution is -2.44. The summed E-state index contributed by atoms with van der Waals surface area (Å²) in [6.45, 7) is 2.77. The number of carboxylic acid groups (broad SMARTS) is 1. The molecule has 1 amide bonds. The van der Waals surface area contributed by atoms with E-state index in [9.17, 15) is 14.7 Å². The second-order valence-corrected chi connectivity index (χ2v) is 6.21. The number of carboxylic acids is 1. The normalized spacial score (nSPS) is 24.0. The van der Waals surface area contributed by atoms with E-state index in [-0.39, 0.29) is 11.3 Å². The number of nitrogens with zero attached hydrogens (tertiary/aromatic N) is 1. The summed E-state index contributed by atoms with van der Waals surface area (Å²) in [5.41, 5.74) is 0.417. The highest BCUT2D eigenvalue weighted by atomic mass is 32.2. The fourth-order valence-electron chi connectivity index (χ4n) is 2.47. The van der Waals surface area contributed by atoms with Crippen molar-refractivity contribution in [3.63, 3.8) is 0 Å². The smallest absolute Gasteiger partial charge is 0.327 e. The molecule has 2 aliphatic rings. The molecule has 0 aliphatic carbocycles. The fourth-order valence-corrected chi connectivity index (χ4v) is 3.63. The van der Waals surface area contributed by atoms with Gasteiger partial charge in [0.1, 0.15) is 19.3 Å². The molecule has 3 rings (SSSR count). The summed E-state index contributed by atoms with van der Waals surface area (Å²) in [5.74, 6) is 0.275. The third-order valence-electron chi connectivity index (χ3n) is 3.53. The first-order chi connectivity index (χ1) is 10.1. The van der Waals surface area contributed by atoms with Crippen molar-refractivity contribution < 1.29 is 24.2 Å². The van der Waals surface area contributed by atoms with E-state index in [0.717, 1.165) is 0 Å². The van der Waals surface area contributed by atoms with E-state index in [1.807, 2.05) is 6.92 Å². The summed E-state index contributed by atoms with van der Waals surface area (Å²) in [7, 11) is 0. The van der Waals surface area contributed by atoms with Crippen LogP contribution in [0.5, 0.6) is 11.5 Å². The van der Waals surface area contributed by atoms with E-state index < -0.39 is 12.0 Å². The van der Waals surface area contributed by atoms with Crippen molar-refractivity contribution in [2.45, 2.75) is 18.3 Å². The molecule has 1 aromatic rings. The van der Waals surface area contributed by atoms with Gasteiger partial charge in [0.2, 0.25) is 0 Å². The van der Waals surface area contributed by atoms with E-state index in [1.165, 1.54) is 16.7 Å². The Morgan fingerprint density at radius 1 is 1.29 bits per heavy atom. The molecule has 1 fully saturated rings. The lowest BCUT2D eigenvalue weighted by molar-refractivity contribution is -0.141. The molecule has 2 aliphatic heterocycles. The van der Waals surface area contributed by atoms with Gasteiger partial charge >= 0.3 is 5.97 Å². The molecule has 1 saturated heterocycles. The average molecular weight is 309 g/mol. The van der Waals surface area contributed by atoms with Crippen LogP contribution in [0.15, 0.2) is 18.2 Å². The van der Waals surface area contributed by atoms with Crippen molar-refractivity contribution in [2.24, 2.45) is 0 Å². The number of aliphatic carboxylic acids is 1. The number of carbonyl (C=O) groups is 2. The maximum absolute atomic E-state index is 12.6. The molecule has 1 aromatic carbocycles. The number of amides is 1. The van der Waals surface area contributed by atoms with E-state index in [0.29, 0.717) is 36.0 Å². The van der Waals surface area contributed by atoms with Crippen molar-refractivity contribution in [2.75, 3.05) is 19.0 Å². The SMILES string of the molecule is CC1SCC(C(=O)O)N1C(=O)c1ccc2c(c1)OCCO2. The van der Waals surface area contributed by atoms with Gasteiger partial charge in [-0.2, -0.15) is 0 Å². The summed E-state index contributed by atoms with van der Waals surface area (Å²) in [4.78, 5) is 25.3. The van der Waals surface area contributed by atoms with Gasteiger partial charge in [-0.15, -0.1) is 11.8 Å². The molecule has 7 heteroatoms. The Labute approximate surface area is 126 Å². The lowest BCUT2D eigenvalue weighted by Gasteiger charge is -2.26. The topological polar surface area (TPSA) is 76.1 Å². The highest BCUT2D eigenvalue weighted by Crippen LogP contribution is 2.34. The highest BCUT2D eigenvalue weighted by molar-refractivity contribution is 8.00. The summed E-state index contributed by atoms with van der Waals surface area (Å²) < 4.78 is 10.9. The van der Waals surface area contributed by atoms with E-state index in [2.05, 4.69) is 0 Å². The zero-order valence-electron chi connectivity index (χ0n) is 11.4. The van der Waals surface area contributed by atoms with E-state index >= 15 is 0 Å². The van der Waals surface area contributed by atoms with Gasteiger partial charge in [0, 0.05) is 11.3 Å². The van der Waals surface area contributed by atoms with Crippen LogP contribution in [0.25, 0.3) is 0 Å². The Hall–Kier alpha value is -1.89. The Balaban J connectivity index is 1.89. The van der Waals surface area contributed by atoms with E-state index in [4.69, 9.17) is 9.47 Å². The van der Waals surface area contributed by atoms with Crippen LogP contribution in [-0.2, 0) is 4.79 Å². The average Bonchev–Trinajstić information content (AvgIpc) is 2.88. The van der Waals surface area contributed by atoms with E-state index in [1.54, 1.807) is 18.2 Å². The second kappa shape index (κ2) is 5.48. The molecule has 1 N–H and O–H groups in total. The van der Waals surface area contributed by atoms with Gasteiger partial charge < -0.3 is 19.5 Å². The van der Waals surface area contributed by atoms with Crippen molar-refractivity contribution in [3.8, 4) is 11.5 Å². The predicted octanol–water partition coefficient (Wildman–Crippen LogP) is 1.45. The minimum Gasteiger partial charge on any atom is -0.486 e. The monoisotopic (exact) mass is 309 g/mol. The van der Waals surface area contributed by atoms with Crippen LogP contribution in [0.2, 0.25) is 0 Å². The fraction of sp³-hybridized carbons (Fsp3) is 0.429. The summed E-state index contributed by atoms with van der Waals surface area (Å²) in [5, 5.41) is 9.08. The zero-order valence-corrected chi connectivity index (χ0v) is 12.3. The number of ether oxygens (including phenoxy) is 2. The maximum Gasteiger partial charge on any atom is 0.327 e. The lowest BCUT2D eigenvalue weighted by atomic mass is 10.1. The molecular formula is C14H15NO5S. The van der Waals surface area contributed by atoms with Crippen LogP contribution in [-0.4, -0.2) is 52.3 Å². The van der Waals surface area contributed by atoms with Gasteiger partial charge in [-0.05, 0) is 25.1 Å². The van der Waals surface area contributed by atoms with Crippen molar-refractivity contribution in [3.05, 3.63) is 23.8 Å². The number of benzene rings is 1. The summed E-state index contributed by atoms with van der Waals surface area (Å²) >= 11 is 1.46. The molecule has 21 heavy (non-hydrogen) atoms. The highest BCUT2D eigenvalue weighted by Gasteiger charge is 2.40. The molecular weight excluding hydrogens is 294 g/mol. The molecule has 0 saturated carbocycles.